The predicted molar refractivity (Wildman–Crippen MR) is 243 cm³/mol. The highest BCUT2D eigenvalue weighted by atomic mass is 35.5. The number of carbonyl (C=O) groups excluding carboxylic acids is 2. The van der Waals surface area contributed by atoms with Crippen molar-refractivity contribution in [3.8, 4) is 11.1 Å². The van der Waals surface area contributed by atoms with Crippen LogP contribution < -0.4 is 10.6 Å². The highest BCUT2D eigenvalue weighted by molar-refractivity contribution is 6.74. The molecule has 7 rings (SSSR count). The molecule has 2 aromatic carbocycles. The van der Waals surface area contributed by atoms with Crippen LogP contribution in [0.4, 0.5) is 11.4 Å². The number of imidazole rings is 2. The molecule has 0 radical (unpaired) electrons. The second-order valence-electron chi connectivity index (χ2n) is 19.3. The molecule has 1 unspecified atom stereocenters. The van der Waals surface area contributed by atoms with Crippen LogP contribution in [0.1, 0.15) is 110 Å². The third kappa shape index (κ3) is 8.97. The number of hydrogen-bond acceptors (Lipinski definition) is 8. The lowest BCUT2D eigenvalue weighted by atomic mass is 9.73. The maximum atomic E-state index is 13.9. The van der Waals surface area contributed by atoms with Crippen molar-refractivity contribution in [3.05, 3.63) is 81.4 Å². The summed E-state index contributed by atoms with van der Waals surface area (Å²) in [4.78, 5) is 53.9. The first-order valence-corrected chi connectivity index (χ1v) is 24.9. The van der Waals surface area contributed by atoms with Gasteiger partial charge < -0.3 is 29.3 Å². The SMILES string of the molecule is Cc1c(NC(=O)c2nc3c(n2C)CCN(CC(C)O[Si](C)(C)C(C)(C)C)C3)cccc1-c1cccc(NC(=O)c2nc3c(n2C)CCN(C2CCC(C)(C(=O)O)CC2)C3)c1Cl. The van der Waals surface area contributed by atoms with Crippen LogP contribution in [0.25, 0.3) is 11.1 Å². The highest BCUT2D eigenvalue weighted by Gasteiger charge is 2.41. The fraction of sp³-hybridized carbons (Fsp3) is 0.543. The number of aliphatic carboxylic acids is 1. The van der Waals surface area contributed by atoms with E-state index >= 15 is 0 Å². The van der Waals surface area contributed by atoms with E-state index in [1.54, 1.807) is 6.07 Å². The number of halogens is 1. The number of carboxylic acid groups (broad SMARTS) is 1. The molecule has 1 fully saturated rings. The molecular weight excluding hydrogens is 808 g/mol. The minimum atomic E-state index is -1.89. The molecule has 1 atom stereocenters. The molecule has 328 valence electrons. The Morgan fingerprint density at radius 1 is 0.902 bits per heavy atom. The summed E-state index contributed by atoms with van der Waals surface area (Å²) in [6, 6.07) is 11.5. The molecule has 2 amide bonds. The second-order valence-corrected chi connectivity index (χ2v) is 24.5. The lowest BCUT2D eigenvalue weighted by molar-refractivity contribution is -0.150. The molecule has 4 heterocycles. The first kappa shape index (κ1) is 44.7. The van der Waals surface area contributed by atoms with E-state index in [4.69, 9.17) is 26.0 Å². The fourth-order valence-electron chi connectivity index (χ4n) is 9.16. The largest absolute Gasteiger partial charge is 0.481 e. The maximum absolute atomic E-state index is 13.9. The Labute approximate surface area is 366 Å². The smallest absolute Gasteiger partial charge is 0.309 e. The summed E-state index contributed by atoms with van der Waals surface area (Å²) < 4.78 is 10.4. The van der Waals surface area contributed by atoms with Gasteiger partial charge in [0, 0.05) is 88.3 Å². The first-order valence-electron chi connectivity index (χ1n) is 21.6. The zero-order valence-electron chi connectivity index (χ0n) is 37.5. The molecule has 13 nitrogen and oxygen atoms in total. The monoisotopic (exact) mass is 870 g/mol. The standard InChI is InChI=1S/C46H63ClN8O5Si/c1-28(60-61(9,10)45(3,4)5)25-54-23-19-37-35(26-54)48-40(52(37)7)42(56)50-33-15-11-13-31(29(33)2)32-14-12-16-34(39(32)47)51-43(57)41-49-36-27-55(24-20-38(36)53(41)8)30-17-21-46(6,22-18-30)44(58)59/h11-16,28,30H,17-27H2,1-10H3,(H,50,56)(H,51,57)(H,58,59). The van der Waals surface area contributed by atoms with Gasteiger partial charge >= 0.3 is 5.97 Å². The molecule has 2 aromatic heterocycles. The van der Waals surface area contributed by atoms with Crippen LogP contribution in [0.5, 0.6) is 0 Å². The van der Waals surface area contributed by atoms with Gasteiger partial charge in [-0.2, -0.15) is 0 Å². The summed E-state index contributed by atoms with van der Waals surface area (Å²) in [5.74, 6) is -0.682. The Bertz CT molecular complexity index is 2340. The third-order valence-corrected chi connectivity index (χ3v) is 19.1. The number of carbonyl (C=O) groups is 3. The van der Waals surface area contributed by atoms with Gasteiger partial charge in [0.15, 0.2) is 20.0 Å². The van der Waals surface area contributed by atoms with E-state index in [0.717, 1.165) is 79.2 Å². The van der Waals surface area contributed by atoms with E-state index in [2.05, 4.69) is 61.2 Å². The number of nitrogens with one attached hydrogen (secondary N) is 2. The van der Waals surface area contributed by atoms with E-state index < -0.39 is 19.7 Å². The highest BCUT2D eigenvalue weighted by Crippen LogP contribution is 2.41. The molecule has 1 saturated carbocycles. The zero-order chi connectivity index (χ0) is 44.2. The number of carboxylic acids is 1. The summed E-state index contributed by atoms with van der Waals surface area (Å²) in [5, 5.41) is 16.3. The average molecular weight is 872 g/mol. The third-order valence-electron chi connectivity index (χ3n) is 14.1. The molecule has 0 spiro atoms. The molecule has 0 bridgehead atoms. The van der Waals surface area contributed by atoms with Gasteiger partial charge in [-0.15, -0.1) is 0 Å². The van der Waals surface area contributed by atoms with Crippen LogP contribution in [-0.2, 0) is 49.2 Å². The molecule has 4 aromatic rings. The first-order chi connectivity index (χ1) is 28.7. The van der Waals surface area contributed by atoms with E-state index in [1.165, 1.54) is 0 Å². The molecule has 61 heavy (non-hydrogen) atoms. The number of fused-ring (bicyclic) bond motifs is 2. The topological polar surface area (TPSA) is 147 Å². The van der Waals surface area contributed by atoms with Crippen molar-refractivity contribution >= 4 is 49.1 Å². The summed E-state index contributed by atoms with van der Waals surface area (Å²) in [6.07, 6.45) is 4.65. The Morgan fingerprint density at radius 2 is 1.44 bits per heavy atom. The Morgan fingerprint density at radius 3 is 2.03 bits per heavy atom. The van der Waals surface area contributed by atoms with E-state index in [1.807, 2.05) is 67.4 Å². The van der Waals surface area contributed by atoms with Gasteiger partial charge in [0.05, 0.1) is 33.6 Å². The van der Waals surface area contributed by atoms with E-state index in [-0.39, 0.29) is 23.0 Å². The normalized spacial score (nSPS) is 20.5. The van der Waals surface area contributed by atoms with Crippen molar-refractivity contribution in [2.75, 3.05) is 30.3 Å². The van der Waals surface area contributed by atoms with Crippen molar-refractivity contribution in [1.29, 1.82) is 0 Å². The second kappa shape index (κ2) is 17.1. The average Bonchev–Trinajstić information content (AvgIpc) is 3.71. The molecule has 15 heteroatoms. The number of amides is 2. The molecule has 3 aliphatic rings. The van der Waals surface area contributed by atoms with Gasteiger partial charge in [-0.3, -0.25) is 24.2 Å². The van der Waals surface area contributed by atoms with Crippen LogP contribution >= 0.6 is 11.6 Å². The van der Waals surface area contributed by atoms with E-state index in [0.29, 0.717) is 65.6 Å². The number of hydrogen-bond donors (Lipinski definition) is 3. The van der Waals surface area contributed by atoms with Gasteiger partial charge in [0.25, 0.3) is 11.8 Å². The Kier molecular flexibility index (Phi) is 12.5. The van der Waals surface area contributed by atoms with E-state index in [9.17, 15) is 19.5 Å². The summed E-state index contributed by atoms with van der Waals surface area (Å²) in [6.45, 7) is 21.1. The lowest BCUT2D eigenvalue weighted by Gasteiger charge is -2.41. The summed E-state index contributed by atoms with van der Waals surface area (Å²) in [7, 11) is 1.89. The van der Waals surface area contributed by atoms with Crippen LogP contribution in [0.15, 0.2) is 36.4 Å². The Balaban J connectivity index is 1.01. The van der Waals surface area contributed by atoms with Crippen LogP contribution in [0.3, 0.4) is 0 Å². The van der Waals surface area contributed by atoms with Gasteiger partial charge in [0.2, 0.25) is 0 Å². The van der Waals surface area contributed by atoms with Gasteiger partial charge in [-0.25, -0.2) is 9.97 Å². The summed E-state index contributed by atoms with van der Waals surface area (Å²) >= 11 is 7.06. The predicted octanol–water partition coefficient (Wildman–Crippen LogP) is 8.45. The molecule has 2 aliphatic heterocycles. The minimum absolute atomic E-state index is 0.0997. The molecule has 3 N–H and O–H groups in total. The van der Waals surface area contributed by atoms with Crippen LogP contribution in [0.2, 0.25) is 23.2 Å². The van der Waals surface area contributed by atoms with Gasteiger partial charge in [-0.05, 0) is 87.8 Å². The Hall–Kier alpha value is -4.34. The summed E-state index contributed by atoms with van der Waals surface area (Å²) in [5.41, 5.74) is 6.72. The number of rotatable bonds is 11. The van der Waals surface area contributed by atoms with Crippen molar-refractivity contribution in [1.82, 2.24) is 28.9 Å². The number of benzene rings is 2. The minimum Gasteiger partial charge on any atom is -0.481 e. The van der Waals surface area contributed by atoms with Gasteiger partial charge in [0.1, 0.15) is 0 Å². The molecule has 0 saturated heterocycles. The number of aromatic nitrogens is 4. The van der Waals surface area contributed by atoms with Crippen molar-refractivity contribution < 1.29 is 23.9 Å². The molecular formula is C46H63ClN8O5Si. The van der Waals surface area contributed by atoms with Crippen molar-refractivity contribution in [2.45, 2.75) is 123 Å². The van der Waals surface area contributed by atoms with Crippen LogP contribution in [0, 0.1) is 12.3 Å². The van der Waals surface area contributed by atoms with Gasteiger partial charge in [-0.1, -0.05) is 56.6 Å². The number of nitrogens with zero attached hydrogens (tertiary/aromatic N) is 6. The van der Waals surface area contributed by atoms with Crippen LogP contribution in [-0.4, -0.2) is 91.9 Å². The number of anilines is 2. The quantitative estimate of drug-likeness (QED) is 0.126. The molecule has 1 aliphatic carbocycles. The maximum Gasteiger partial charge on any atom is 0.309 e. The fourth-order valence-corrected chi connectivity index (χ4v) is 10.9. The lowest BCUT2D eigenvalue weighted by Crippen LogP contribution is -2.46. The zero-order valence-corrected chi connectivity index (χ0v) is 39.3. The van der Waals surface area contributed by atoms with Crippen molar-refractivity contribution in [3.63, 3.8) is 0 Å². The van der Waals surface area contributed by atoms with Crippen molar-refractivity contribution in [2.24, 2.45) is 19.5 Å².